The van der Waals surface area contributed by atoms with Crippen molar-refractivity contribution < 1.29 is 17.7 Å². The normalized spacial score (nSPS) is 17.5. The van der Waals surface area contributed by atoms with Gasteiger partial charge in [-0.3, -0.25) is 15.3 Å². The number of hydrogen-bond donors (Lipinski definition) is 2. The van der Waals surface area contributed by atoms with Gasteiger partial charge in [-0.1, -0.05) is 6.07 Å². The van der Waals surface area contributed by atoms with Crippen LogP contribution in [0.4, 0.5) is 5.95 Å². The summed E-state index contributed by atoms with van der Waals surface area (Å²) < 4.78 is 29.6. The molecule has 3 heterocycles. The maximum Gasteiger partial charge on any atom is 0.303 e. The van der Waals surface area contributed by atoms with E-state index in [9.17, 15) is 4.21 Å². The summed E-state index contributed by atoms with van der Waals surface area (Å²) in [5.41, 5.74) is 7.45. The number of hydrogen-bond acceptors (Lipinski definition) is 8. The summed E-state index contributed by atoms with van der Waals surface area (Å²) in [6.07, 6.45) is 3.73. The fourth-order valence-electron chi connectivity index (χ4n) is 2.41. The fraction of sp³-hybridized carbons (Fsp3) is 0.357. The van der Waals surface area contributed by atoms with Gasteiger partial charge >= 0.3 is 11.4 Å². The Morgan fingerprint density at radius 2 is 2.00 bits per heavy atom. The summed E-state index contributed by atoms with van der Waals surface area (Å²) in [6.45, 7) is 2.81. The molecule has 1 fully saturated rings. The molecule has 24 heavy (non-hydrogen) atoms. The molecule has 0 saturated carbocycles. The third kappa shape index (κ3) is 3.91. The maximum absolute atomic E-state index is 10.8. The van der Waals surface area contributed by atoms with Crippen LogP contribution in [0.15, 0.2) is 30.7 Å². The number of pyridine rings is 1. The largest absolute Gasteiger partial charge is 0.378 e. The highest BCUT2D eigenvalue weighted by Gasteiger charge is 2.18. The first-order chi connectivity index (χ1) is 11.6. The lowest BCUT2D eigenvalue weighted by molar-refractivity contribution is 0.122. The van der Waals surface area contributed by atoms with E-state index in [0.717, 1.165) is 13.1 Å². The molecule has 1 saturated heterocycles. The zero-order valence-corrected chi connectivity index (χ0v) is 13.6. The van der Waals surface area contributed by atoms with Crippen molar-refractivity contribution in [3.05, 3.63) is 36.4 Å². The van der Waals surface area contributed by atoms with Crippen molar-refractivity contribution in [2.45, 2.75) is 6.23 Å². The number of nitrogens with two attached hydrogens (primary N) is 1. The summed E-state index contributed by atoms with van der Waals surface area (Å²) in [6, 6.07) is 3.51. The third-order valence-corrected chi connectivity index (χ3v) is 3.91. The van der Waals surface area contributed by atoms with Gasteiger partial charge in [0.15, 0.2) is 6.23 Å². The molecule has 2 aromatic heterocycles. The van der Waals surface area contributed by atoms with Crippen LogP contribution in [0.3, 0.4) is 0 Å². The highest BCUT2D eigenvalue weighted by molar-refractivity contribution is 7.74. The number of rotatable bonds is 5. The van der Waals surface area contributed by atoms with Crippen molar-refractivity contribution in [2.24, 2.45) is 5.73 Å². The van der Waals surface area contributed by atoms with E-state index < -0.39 is 17.6 Å². The van der Waals surface area contributed by atoms with E-state index in [1.165, 1.54) is 6.20 Å². The van der Waals surface area contributed by atoms with E-state index in [0.29, 0.717) is 36.0 Å². The number of ether oxygens (including phenoxy) is 1. The number of nitrogens with zero attached hydrogens (tertiary/aromatic N) is 4. The second kappa shape index (κ2) is 7.73. The van der Waals surface area contributed by atoms with Gasteiger partial charge in [0.2, 0.25) is 5.95 Å². The summed E-state index contributed by atoms with van der Waals surface area (Å²) in [7, 11) is 0. The molecular formula is C14H17N5O4S. The van der Waals surface area contributed by atoms with Crippen LogP contribution in [0.5, 0.6) is 0 Å². The molecule has 0 amide bonds. The van der Waals surface area contributed by atoms with Crippen molar-refractivity contribution in [3.63, 3.8) is 0 Å². The zero-order chi connectivity index (χ0) is 16.9. The molecule has 2 aromatic rings. The molecule has 0 radical (unpaired) electrons. The molecule has 3 rings (SSSR count). The molecule has 1 aliphatic heterocycles. The molecule has 0 spiro atoms. The van der Waals surface area contributed by atoms with Gasteiger partial charge in [0, 0.05) is 42.8 Å². The molecule has 128 valence electrons. The van der Waals surface area contributed by atoms with Crippen LogP contribution < -0.4 is 10.6 Å². The number of morpholine rings is 1. The van der Waals surface area contributed by atoms with Gasteiger partial charge < -0.3 is 9.64 Å². The Kier molecular flexibility index (Phi) is 5.43. The Labute approximate surface area is 141 Å². The average molecular weight is 351 g/mol. The quantitative estimate of drug-likeness (QED) is 0.585. The van der Waals surface area contributed by atoms with Crippen molar-refractivity contribution in [2.75, 3.05) is 31.2 Å². The van der Waals surface area contributed by atoms with Gasteiger partial charge in [0.05, 0.1) is 18.9 Å². The average Bonchev–Trinajstić information content (AvgIpc) is 2.62. The summed E-state index contributed by atoms with van der Waals surface area (Å²) in [5, 5.41) is 0. The van der Waals surface area contributed by atoms with Gasteiger partial charge in [0.25, 0.3) is 0 Å². The van der Waals surface area contributed by atoms with Crippen LogP contribution in [0.1, 0.15) is 11.9 Å². The minimum atomic E-state index is -2.48. The third-order valence-electron chi connectivity index (χ3n) is 3.54. The molecule has 2 unspecified atom stereocenters. The van der Waals surface area contributed by atoms with E-state index in [1.807, 2.05) is 4.90 Å². The standard InChI is InChI=1S/C14H17N5O4S/c15-13(23-24(20)21)12-11(2-1-3-16-12)10-8-17-14(18-9-10)19-4-6-22-7-5-19/h1-3,8-9,13H,4-7,15H2,(H,20,21). The second-order valence-electron chi connectivity index (χ2n) is 5.04. The van der Waals surface area contributed by atoms with Crippen LogP contribution in [-0.2, 0) is 20.3 Å². The first-order valence-electron chi connectivity index (χ1n) is 7.29. The summed E-state index contributed by atoms with van der Waals surface area (Å²) >= 11 is -2.48. The minimum Gasteiger partial charge on any atom is -0.378 e. The Bertz CT molecular complexity index is 709. The Balaban J connectivity index is 1.85. The molecule has 10 heteroatoms. The highest BCUT2D eigenvalue weighted by Crippen LogP contribution is 2.26. The van der Waals surface area contributed by atoms with E-state index in [1.54, 1.807) is 24.5 Å². The summed E-state index contributed by atoms with van der Waals surface area (Å²) in [5.74, 6) is 0.629. The van der Waals surface area contributed by atoms with Gasteiger partial charge in [-0.05, 0) is 6.07 Å². The predicted molar refractivity (Wildman–Crippen MR) is 87.1 cm³/mol. The van der Waals surface area contributed by atoms with Crippen LogP contribution in [0.2, 0.25) is 0 Å². The Morgan fingerprint density at radius 3 is 2.67 bits per heavy atom. The van der Waals surface area contributed by atoms with Crippen LogP contribution in [0.25, 0.3) is 11.1 Å². The fourth-order valence-corrected chi connectivity index (χ4v) is 2.68. The Hall–Kier alpha value is -1.98. The second-order valence-corrected chi connectivity index (χ2v) is 5.67. The number of aromatic nitrogens is 3. The van der Waals surface area contributed by atoms with E-state index in [-0.39, 0.29) is 0 Å². The van der Waals surface area contributed by atoms with Crippen LogP contribution in [-0.4, -0.2) is 50.0 Å². The molecule has 0 bridgehead atoms. The maximum atomic E-state index is 10.8. The molecular weight excluding hydrogens is 334 g/mol. The van der Waals surface area contributed by atoms with Gasteiger partial charge in [-0.25, -0.2) is 14.2 Å². The predicted octanol–water partition coefficient (Wildman–Crippen LogP) is 0.486. The van der Waals surface area contributed by atoms with Gasteiger partial charge in [-0.2, -0.15) is 4.21 Å². The van der Waals surface area contributed by atoms with E-state index in [2.05, 4.69) is 15.0 Å². The monoisotopic (exact) mass is 351 g/mol. The lowest BCUT2D eigenvalue weighted by Gasteiger charge is -2.26. The van der Waals surface area contributed by atoms with Crippen molar-refractivity contribution >= 4 is 17.3 Å². The lowest BCUT2D eigenvalue weighted by atomic mass is 10.1. The Morgan fingerprint density at radius 1 is 1.29 bits per heavy atom. The van der Waals surface area contributed by atoms with Gasteiger partial charge in [-0.15, -0.1) is 0 Å². The van der Waals surface area contributed by atoms with E-state index in [4.69, 9.17) is 19.2 Å². The lowest BCUT2D eigenvalue weighted by Crippen LogP contribution is -2.37. The van der Waals surface area contributed by atoms with Crippen molar-refractivity contribution in [1.29, 1.82) is 0 Å². The zero-order valence-electron chi connectivity index (χ0n) is 12.7. The molecule has 1 aliphatic rings. The van der Waals surface area contributed by atoms with Gasteiger partial charge in [0.1, 0.15) is 0 Å². The van der Waals surface area contributed by atoms with Crippen molar-refractivity contribution in [1.82, 2.24) is 15.0 Å². The van der Waals surface area contributed by atoms with E-state index >= 15 is 0 Å². The van der Waals surface area contributed by atoms with Crippen LogP contribution in [0, 0.1) is 0 Å². The molecule has 3 N–H and O–H groups in total. The minimum absolute atomic E-state index is 0.336. The highest BCUT2D eigenvalue weighted by atomic mass is 32.2. The first-order valence-corrected chi connectivity index (χ1v) is 8.32. The van der Waals surface area contributed by atoms with Crippen LogP contribution >= 0.6 is 0 Å². The summed E-state index contributed by atoms with van der Waals surface area (Å²) in [4.78, 5) is 14.9. The number of anilines is 1. The topological polar surface area (TPSA) is 124 Å². The molecule has 0 aromatic carbocycles. The SMILES string of the molecule is NC(OS(=O)O)c1ncccc1-c1cnc(N2CCOCC2)nc1. The smallest absolute Gasteiger partial charge is 0.303 e. The molecule has 2 atom stereocenters. The molecule has 9 nitrogen and oxygen atoms in total. The first kappa shape index (κ1) is 16.9. The molecule has 0 aliphatic carbocycles. The van der Waals surface area contributed by atoms with Crippen molar-refractivity contribution in [3.8, 4) is 11.1 Å².